The average molecular weight is 429 g/mol. The Morgan fingerprint density at radius 1 is 1.15 bits per heavy atom. The molecular weight excluding hydrogens is 404 g/mol. The maximum absolute atomic E-state index is 13.1. The van der Waals surface area contributed by atoms with Crippen LogP contribution in [0.4, 0.5) is 0 Å². The molecule has 2 aliphatic rings. The zero-order valence-corrected chi connectivity index (χ0v) is 17.0. The Balaban J connectivity index is 1.41. The molecule has 0 aromatic heterocycles. The molecule has 0 unspecified atom stereocenters. The molecule has 0 bridgehead atoms. The summed E-state index contributed by atoms with van der Waals surface area (Å²) < 4.78 is 0.965. The van der Waals surface area contributed by atoms with Crippen LogP contribution < -0.4 is 0 Å². The molecule has 0 saturated carbocycles. The summed E-state index contributed by atoms with van der Waals surface area (Å²) in [5.74, 6) is 0.658. The van der Waals surface area contributed by atoms with Gasteiger partial charge in [-0.3, -0.25) is 9.69 Å². The fourth-order valence-corrected chi connectivity index (χ4v) is 4.67. The number of fused-ring (bicyclic) bond motifs is 1. The lowest BCUT2D eigenvalue weighted by atomic mass is 9.93. The second kappa shape index (κ2) is 8.03. The van der Waals surface area contributed by atoms with E-state index in [1.54, 1.807) is 6.07 Å². The minimum Gasteiger partial charge on any atom is -0.508 e. The molecule has 1 atom stereocenters. The maximum Gasteiger partial charge on any atom is 0.227 e. The van der Waals surface area contributed by atoms with Crippen molar-refractivity contribution in [3.63, 3.8) is 0 Å². The lowest BCUT2D eigenvalue weighted by Gasteiger charge is -2.36. The maximum atomic E-state index is 13.1. The second-order valence-corrected chi connectivity index (χ2v) is 8.54. The van der Waals surface area contributed by atoms with Gasteiger partial charge in [0.1, 0.15) is 5.75 Å². The smallest absolute Gasteiger partial charge is 0.227 e. The number of hydrogen-bond acceptors (Lipinski definition) is 3. The zero-order valence-electron chi connectivity index (χ0n) is 15.4. The predicted octanol–water partition coefficient (Wildman–Crippen LogP) is 3.95. The topological polar surface area (TPSA) is 43.8 Å². The number of phenols is 1. The van der Waals surface area contributed by atoms with Crippen LogP contribution in [0.3, 0.4) is 0 Å². The van der Waals surface area contributed by atoms with Crippen LogP contribution in [0.2, 0.25) is 0 Å². The fourth-order valence-electron chi connectivity index (χ4n) is 4.26. The number of carbonyl (C=O) groups excluding carboxylic acids is 1. The van der Waals surface area contributed by atoms with Gasteiger partial charge in [0, 0.05) is 36.2 Å². The summed E-state index contributed by atoms with van der Waals surface area (Å²) in [6, 6.07) is 14.0. The molecule has 1 fully saturated rings. The number of likely N-dealkylation sites (tertiary alicyclic amines) is 1. The highest BCUT2D eigenvalue weighted by molar-refractivity contribution is 9.10. The molecular formula is C22H25BrN2O2. The van der Waals surface area contributed by atoms with Crippen molar-refractivity contribution in [2.24, 2.45) is 5.92 Å². The molecule has 4 nitrogen and oxygen atoms in total. The van der Waals surface area contributed by atoms with Crippen LogP contribution in [0.5, 0.6) is 5.75 Å². The van der Waals surface area contributed by atoms with Crippen LogP contribution in [0, 0.1) is 5.92 Å². The number of phenolic OH excluding ortho intramolecular Hbond substituents is 1. The quantitative estimate of drug-likeness (QED) is 0.804. The van der Waals surface area contributed by atoms with E-state index in [0.717, 1.165) is 55.5 Å². The summed E-state index contributed by atoms with van der Waals surface area (Å²) in [5.41, 5.74) is 3.56. The number of nitrogens with zero attached hydrogens (tertiary/aromatic N) is 2. The summed E-state index contributed by atoms with van der Waals surface area (Å²) >= 11 is 3.47. The summed E-state index contributed by atoms with van der Waals surface area (Å²) in [5, 5.41) is 10.1. The van der Waals surface area contributed by atoms with Crippen LogP contribution in [-0.2, 0) is 24.3 Å². The molecule has 1 saturated heterocycles. The summed E-state index contributed by atoms with van der Waals surface area (Å²) in [6.07, 6.45) is 2.93. The van der Waals surface area contributed by atoms with Crippen molar-refractivity contribution < 1.29 is 9.90 Å². The lowest BCUT2D eigenvalue weighted by Crippen LogP contribution is -2.46. The minimum absolute atomic E-state index is 0.0540. The van der Waals surface area contributed by atoms with E-state index in [9.17, 15) is 9.90 Å². The van der Waals surface area contributed by atoms with E-state index in [1.807, 2.05) is 17.0 Å². The molecule has 2 aromatic carbocycles. The minimum atomic E-state index is 0.0540. The Labute approximate surface area is 168 Å². The molecule has 1 N–H and O–H groups in total. The SMILES string of the molecule is O=C([C@H]1CCCN(Cc2cc(Br)ccc2O)C1)N1CCc2ccccc2C1. The van der Waals surface area contributed by atoms with Gasteiger partial charge in [0.2, 0.25) is 5.91 Å². The molecule has 1 amide bonds. The van der Waals surface area contributed by atoms with Gasteiger partial charge in [0.25, 0.3) is 0 Å². The first kappa shape index (κ1) is 18.5. The Bertz CT molecular complexity index is 839. The van der Waals surface area contributed by atoms with Gasteiger partial charge in [0.15, 0.2) is 0 Å². The van der Waals surface area contributed by atoms with E-state index in [2.05, 4.69) is 45.1 Å². The van der Waals surface area contributed by atoms with Crippen LogP contribution in [0.25, 0.3) is 0 Å². The molecule has 142 valence electrons. The monoisotopic (exact) mass is 428 g/mol. The molecule has 2 heterocycles. The zero-order chi connectivity index (χ0) is 18.8. The number of hydrogen-bond donors (Lipinski definition) is 1. The first-order chi connectivity index (χ1) is 13.1. The van der Waals surface area contributed by atoms with Crippen LogP contribution >= 0.6 is 15.9 Å². The molecule has 0 aliphatic carbocycles. The third-order valence-corrected chi connectivity index (χ3v) is 6.23. The Hall–Kier alpha value is -1.85. The number of rotatable bonds is 3. The van der Waals surface area contributed by atoms with Gasteiger partial charge in [-0.05, 0) is 55.1 Å². The van der Waals surface area contributed by atoms with E-state index in [0.29, 0.717) is 12.3 Å². The lowest BCUT2D eigenvalue weighted by molar-refractivity contribution is -0.138. The first-order valence-corrected chi connectivity index (χ1v) is 10.4. The molecule has 0 spiro atoms. The van der Waals surface area contributed by atoms with Crippen molar-refractivity contribution in [3.8, 4) is 5.75 Å². The summed E-state index contributed by atoms with van der Waals surface area (Å²) in [7, 11) is 0. The number of piperidine rings is 1. The standard InChI is InChI=1S/C22H25BrN2O2/c23-20-7-8-21(26)19(12-20)14-24-10-3-6-18(13-24)22(27)25-11-9-16-4-1-2-5-17(16)15-25/h1-2,4-5,7-8,12,18,26H,3,6,9-11,13-15H2/t18-/m0/s1. The van der Waals surface area contributed by atoms with Crippen molar-refractivity contribution in [3.05, 3.63) is 63.6 Å². The molecule has 0 radical (unpaired) electrons. The predicted molar refractivity (Wildman–Crippen MR) is 109 cm³/mol. The van der Waals surface area contributed by atoms with E-state index < -0.39 is 0 Å². The Kier molecular flexibility index (Phi) is 5.50. The molecule has 2 aromatic rings. The van der Waals surface area contributed by atoms with Crippen LogP contribution in [0.15, 0.2) is 46.9 Å². The second-order valence-electron chi connectivity index (χ2n) is 7.63. The molecule has 2 aliphatic heterocycles. The molecule has 4 rings (SSSR count). The van der Waals surface area contributed by atoms with E-state index in [4.69, 9.17) is 0 Å². The molecule has 27 heavy (non-hydrogen) atoms. The number of carbonyl (C=O) groups is 1. The van der Waals surface area contributed by atoms with Crippen LogP contribution in [-0.4, -0.2) is 40.4 Å². The van der Waals surface area contributed by atoms with E-state index in [-0.39, 0.29) is 11.8 Å². The van der Waals surface area contributed by atoms with Gasteiger partial charge in [-0.2, -0.15) is 0 Å². The fraction of sp³-hybridized carbons (Fsp3) is 0.409. The highest BCUT2D eigenvalue weighted by Crippen LogP contribution is 2.27. The number of amides is 1. The van der Waals surface area contributed by atoms with Gasteiger partial charge < -0.3 is 10.0 Å². The number of halogens is 1. The van der Waals surface area contributed by atoms with Crippen molar-refractivity contribution >= 4 is 21.8 Å². The van der Waals surface area contributed by atoms with Gasteiger partial charge in [-0.1, -0.05) is 40.2 Å². The normalized spacial score (nSPS) is 20.3. The third-order valence-electron chi connectivity index (χ3n) is 5.73. The van der Waals surface area contributed by atoms with Crippen LogP contribution in [0.1, 0.15) is 29.5 Å². The van der Waals surface area contributed by atoms with Crippen molar-refractivity contribution in [2.75, 3.05) is 19.6 Å². The van der Waals surface area contributed by atoms with E-state index in [1.165, 1.54) is 11.1 Å². The van der Waals surface area contributed by atoms with Gasteiger partial charge in [-0.15, -0.1) is 0 Å². The summed E-state index contributed by atoms with van der Waals surface area (Å²) in [4.78, 5) is 17.5. The average Bonchev–Trinajstić information content (AvgIpc) is 2.70. The van der Waals surface area contributed by atoms with Crippen molar-refractivity contribution in [1.82, 2.24) is 9.80 Å². The highest BCUT2D eigenvalue weighted by atomic mass is 79.9. The van der Waals surface area contributed by atoms with Crippen molar-refractivity contribution in [1.29, 1.82) is 0 Å². The van der Waals surface area contributed by atoms with E-state index >= 15 is 0 Å². The summed E-state index contributed by atoms with van der Waals surface area (Å²) in [6.45, 7) is 3.97. The number of benzene rings is 2. The van der Waals surface area contributed by atoms with Gasteiger partial charge in [-0.25, -0.2) is 0 Å². The first-order valence-electron chi connectivity index (χ1n) is 9.65. The highest BCUT2D eigenvalue weighted by Gasteiger charge is 2.31. The van der Waals surface area contributed by atoms with Gasteiger partial charge >= 0.3 is 0 Å². The molecule has 5 heteroatoms. The Morgan fingerprint density at radius 2 is 1.96 bits per heavy atom. The van der Waals surface area contributed by atoms with Crippen molar-refractivity contribution in [2.45, 2.75) is 32.4 Å². The van der Waals surface area contributed by atoms with Gasteiger partial charge in [0.05, 0.1) is 5.92 Å². The largest absolute Gasteiger partial charge is 0.508 e. The third kappa shape index (κ3) is 4.19. The Morgan fingerprint density at radius 3 is 2.81 bits per heavy atom. The number of aromatic hydroxyl groups is 1.